The van der Waals surface area contributed by atoms with Crippen molar-refractivity contribution < 1.29 is 0 Å². The van der Waals surface area contributed by atoms with E-state index in [1.807, 2.05) is 18.2 Å². The maximum atomic E-state index is 8.49. The molecule has 4 heteroatoms. The molecule has 0 aromatic heterocycles. The molecule has 1 unspecified atom stereocenters. The Morgan fingerprint density at radius 3 is 1.90 bits per heavy atom. The van der Waals surface area contributed by atoms with Crippen molar-refractivity contribution in [1.82, 2.24) is 0 Å². The quantitative estimate of drug-likeness (QED) is 0.552. The minimum atomic E-state index is -1.05. The topological polar surface area (TPSA) is 71.4 Å². The van der Waals surface area contributed by atoms with E-state index in [4.69, 9.17) is 15.8 Å². The standard InChI is InChI=1S/C6H6N3P/c1-10-6(4-8,5-9)2-3-7/h10H,2H2,1H3. The summed E-state index contributed by atoms with van der Waals surface area (Å²) in [6.45, 7) is 1.75. The average molecular weight is 151 g/mol. The first-order valence-electron chi connectivity index (χ1n) is 2.63. The van der Waals surface area contributed by atoms with E-state index in [0.29, 0.717) is 0 Å². The molecule has 0 saturated heterocycles. The summed E-state index contributed by atoms with van der Waals surface area (Å²) in [4.78, 5) is 0. The van der Waals surface area contributed by atoms with Gasteiger partial charge in [0.05, 0.1) is 24.6 Å². The highest BCUT2D eigenvalue weighted by Crippen LogP contribution is 2.30. The number of nitrogens with zero attached hydrogens (tertiary/aromatic N) is 3. The maximum Gasteiger partial charge on any atom is 0.172 e. The smallest absolute Gasteiger partial charge is 0.172 e. The van der Waals surface area contributed by atoms with Crippen LogP contribution in [0.25, 0.3) is 0 Å². The van der Waals surface area contributed by atoms with Crippen molar-refractivity contribution in [3.05, 3.63) is 0 Å². The van der Waals surface area contributed by atoms with E-state index in [-0.39, 0.29) is 15.0 Å². The highest BCUT2D eigenvalue weighted by atomic mass is 31.1. The Morgan fingerprint density at radius 1 is 1.30 bits per heavy atom. The molecular weight excluding hydrogens is 145 g/mol. The fraction of sp³-hybridized carbons (Fsp3) is 0.500. The molecule has 1 atom stereocenters. The summed E-state index contributed by atoms with van der Waals surface area (Å²) < 4.78 is 0. The third-order valence-corrected chi connectivity index (χ3v) is 2.41. The largest absolute Gasteiger partial charge is 0.198 e. The summed E-state index contributed by atoms with van der Waals surface area (Å²) >= 11 is 0. The second-order valence-electron chi connectivity index (χ2n) is 1.71. The van der Waals surface area contributed by atoms with Crippen LogP contribution in [0.4, 0.5) is 0 Å². The SMILES string of the molecule is CPC(C#N)(C#N)CC#N. The van der Waals surface area contributed by atoms with E-state index < -0.39 is 5.16 Å². The summed E-state index contributed by atoms with van der Waals surface area (Å²) in [6.07, 6.45) is 0.00887. The summed E-state index contributed by atoms with van der Waals surface area (Å²) in [7, 11) is 0.181. The molecule has 0 amide bonds. The third-order valence-electron chi connectivity index (χ3n) is 1.15. The molecule has 0 aliphatic heterocycles. The van der Waals surface area contributed by atoms with Crippen LogP contribution >= 0.6 is 8.58 Å². The summed E-state index contributed by atoms with van der Waals surface area (Å²) in [5.41, 5.74) is 0. The van der Waals surface area contributed by atoms with Gasteiger partial charge in [0, 0.05) is 0 Å². The fourth-order valence-corrected chi connectivity index (χ4v) is 0.902. The Hall–Kier alpha value is -1.10. The Bertz CT molecular complexity index is 213. The molecule has 0 aromatic rings. The molecule has 0 aromatic carbocycles. The van der Waals surface area contributed by atoms with Gasteiger partial charge in [0.2, 0.25) is 0 Å². The Labute approximate surface area is 61.7 Å². The van der Waals surface area contributed by atoms with Gasteiger partial charge in [0.25, 0.3) is 0 Å². The zero-order chi connectivity index (χ0) is 8.04. The van der Waals surface area contributed by atoms with Crippen molar-refractivity contribution >= 4 is 8.58 Å². The van der Waals surface area contributed by atoms with Gasteiger partial charge in [-0.3, -0.25) is 0 Å². The van der Waals surface area contributed by atoms with Crippen molar-refractivity contribution in [2.45, 2.75) is 11.6 Å². The average Bonchev–Trinajstić information content (AvgIpc) is 2.01. The summed E-state index contributed by atoms with van der Waals surface area (Å²) in [5, 5.41) is 24.2. The van der Waals surface area contributed by atoms with Crippen molar-refractivity contribution in [2.24, 2.45) is 0 Å². The Balaban J connectivity index is 4.43. The molecule has 0 N–H and O–H groups in total. The normalized spacial score (nSPS) is 10.2. The van der Waals surface area contributed by atoms with Crippen molar-refractivity contribution in [3.8, 4) is 18.2 Å². The van der Waals surface area contributed by atoms with Crippen molar-refractivity contribution in [1.29, 1.82) is 15.8 Å². The van der Waals surface area contributed by atoms with Crippen LogP contribution in [0, 0.1) is 34.0 Å². The number of hydrogen-bond donors (Lipinski definition) is 0. The second kappa shape index (κ2) is 3.84. The van der Waals surface area contributed by atoms with E-state index in [0.717, 1.165) is 0 Å². The highest BCUT2D eigenvalue weighted by Gasteiger charge is 2.27. The highest BCUT2D eigenvalue weighted by molar-refractivity contribution is 7.39. The van der Waals surface area contributed by atoms with Crippen LogP contribution in [0.15, 0.2) is 0 Å². The first-order chi connectivity index (χ1) is 4.74. The molecule has 0 radical (unpaired) electrons. The maximum absolute atomic E-state index is 8.49. The molecule has 0 aliphatic rings. The molecule has 10 heavy (non-hydrogen) atoms. The molecule has 0 saturated carbocycles. The number of nitriles is 3. The van der Waals surface area contributed by atoms with E-state index >= 15 is 0 Å². The first-order valence-corrected chi connectivity index (χ1v) is 4.13. The van der Waals surface area contributed by atoms with Gasteiger partial charge in [-0.2, -0.15) is 15.8 Å². The third kappa shape index (κ3) is 1.70. The van der Waals surface area contributed by atoms with Gasteiger partial charge in [-0.1, -0.05) is 8.58 Å². The predicted octanol–water partition coefficient (Wildman–Crippen LogP) is 0.994. The van der Waals surface area contributed by atoms with E-state index in [1.165, 1.54) is 0 Å². The van der Waals surface area contributed by atoms with Crippen LogP contribution in [0.5, 0.6) is 0 Å². The van der Waals surface area contributed by atoms with E-state index in [1.54, 1.807) is 6.66 Å². The Morgan fingerprint density at radius 2 is 1.80 bits per heavy atom. The zero-order valence-electron chi connectivity index (χ0n) is 5.55. The predicted molar refractivity (Wildman–Crippen MR) is 38.4 cm³/mol. The van der Waals surface area contributed by atoms with Crippen LogP contribution in [0.1, 0.15) is 6.42 Å². The van der Waals surface area contributed by atoms with Crippen LogP contribution < -0.4 is 0 Å². The molecule has 0 fully saturated rings. The lowest BCUT2D eigenvalue weighted by atomic mass is 10.1. The lowest BCUT2D eigenvalue weighted by Gasteiger charge is -2.09. The summed E-state index contributed by atoms with van der Waals surface area (Å²) in [6, 6.07) is 5.51. The van der Waals surface area contributed by atoms with Crippen LogP contribution in [0.3, 0.4) is 0 Å². The van der Waals surface area contributed by atoms with Gasteiger partial charge in [-0.05, 0) is 6.66 Å². The molecule has 0 spiro atoms. The first kappa shape index (κ1) is 8.90. The number of hydrogen-bond acceptors (Lipinski definition) is 3. The zero-order valence-corrected chi connectivity index (χ0v) is 6.55. The van der Waals surface area contributed by atoms with Crippen LogP contribution in [0.2, 0.25) is 0 Å². The Kier molecular flexibility index (Phi) is 3.42. The van der Waals surface area contributed by atoms with Gasteiger partial charge in [-0.15, -0.1) is 0 Å². The lowest BCUT2D eigenvalue weighted by Crippen LogP contribution is -2.16. The molecule has 0 bridgehead atoms. The van der Waals surface area contributed by atoms with Crippen molar-refractivity contribution in [3.63, 3.8) is 0 Å². The fourth-order valence-electron chi connectivity index (χ4n) is 0.423. The van der Waals surface area contributed by atoms with Gasteiger partial charge in [-0.25, -0.2) is 0 Å². The van der Waals surface area contributed by atoms with Gasteiger partial charge >= 0.3 is 0 Å². The monoisotopic (exact) mass is 151 g/mol. The lowest BCUT2D eigenvalue weighted by molar-refractivity contribution is 0.923. The second-order valence-corrected chi connectivity index (χ2v) is 3.07. The molecule has 3 nitrogen and oxygen atoms in total. The van der Waals surface area contributed by atoms with Gasteiger partial charge < -0.3 is 0 Å². The molecule has 0 heterocycles. The molecule has 0 rings (SSSR count). The van der Waals surface area contributed by atoms with E-state index in [2.05, 4.69) is 0 Å². The molecular formula is C6H6N3P. The van der Waals surface area contributed by atoms with Gasteiger partial charge in [0.1, 0.15) is 0 Å². The summed E-state index contributed by atoms with van der Waals surface area (Å²) in [5.74, 6) is 0. The minimum Gasteiger partial charge on any atom is -0.198 e. The van der Waals surface area contributed by atoms with E-state index in [9.17, 15) is 0 Å². The van der Waals surface area contributed by atoms with Gasteiger partial charge in [0.15, 0.2) is 5.16 Å². The van der Waals surface area contributed by atoms with Crippen LogP contribution in [-0.2, 0) is 0 Å². The van der Waals surface area contributed by atoms with Crippen LogP contribution in [-0.4, -0.2) is 11.8 Å². The minimum absolute atomic E-state index is 0.00887. The van der Waals surface area contributed by atoms with Crippen molar-refractivity contribution in [2.75, 3.05) is 6.66 Å². The molecule has 0 aliphatic carbocycles. The molecule has 50 valence electrons. The number of rotatable bonds is 2.